The molecule has 2 N–H and O–H groups in total. The molecule has 0 saturated carbocycles. The molecule has 0 aliphatic carbocycles. The van der Waals surface area contributed by atoms with E-state index in [1.165, 1.54) is 5.56 Å². The molecule has 0 spiro atoms. The standard InChI is InChI=1S/C11H14FNO/c12-5-3-10(13)8-1-2-11-9(7-8)4-6-14-11/h1-2,7,10H,3-6,13H2/t10-/m1/s1. The van der Waals surface area contributed by atoms with Gasteiger partial charge in [-0.25, -0.2) is 0 Å². The van der Waals surface area contributed by atoms with Crippen molar-refractivity contribution in [3.8, 4) is 5.75 Å². The molecule has 1 heterocycles. The maximum atomic E-state index is 12.1. The quantitative estimate of drug-likeness (QED) is 0.800. The van der Waals surface area contributed by atoms with Gasteiger partial charge in [0.1, 0.15) is 5.75 Å². The summed E-state index contributed by atoms with van der Waals surface area (Å²) in [4.78, 5) is 0. The number of rotatable bonds is 3. The predicted octanol–water partition coefficient (Wildman–Crippen LogP) is 1.98. The summed E-state index contributed by atoms with van der Waals surface area (Å²) in [5.41, 5.74) is 8.02. The predicted molar refractivity (Wildman–Crippen MR) is 53.2 cm³/mol. The molecule has 1 aromatic carbocycles. The maximum Gasteiger partial charge on any atom is 0.122 e. The fraction of sp³-hybridized carbons (Fsp3) is 0.455. The molecule has 0 radical (unpaired) electrons. The minimum Gasteiger partial charge on any atom is -0.493 e. The minimum atomic E-state index is -0.366. The fourth-order valence-corrected chi connectivity index (χ4v) is 1.72. The van der Waals surface area contributed by atoms with E-state index in [9.17, 15) is 4.39 Å². The van der Waals surface area contributed by atoms with Gasteiger partial charge in [0.2, 0.25) is 0 Å². The van der Waals surface area contributed by atoms with Gasteiger partial charge in [0.15, 0.2) is 0 Å². The van der Waals surface area contributed by atoms with E-state index < -0.39 is 0 Å². The van der Waals surface area contributed by atoms with Crippen molar-refractivity contribution in [2.24, 2.45) is 5.73 Å². The van der Waals surface area contributed by atoms with Gasteiger partial charge < -0.3 is 10.5 Å². The molecule has 1 aliphatic heterocycles. The lowest BCUT2D eigenvalue weighted by Crippen LogP contribution is -2.10. The van der Waals surface area contributed by atoms with E-state index in [2.05, 4.69) is 0 Å². The summed E-state index contributed by atoms with van der Waals surface area (Å²) < 4.78 is 17.5. The molecule has 3 heteroatoms. The molecule has 2 rings (SSSR count). The summed E-state index contributed by atoms with van der Waals surface area (Å²) in [7, 11) is 0. The number of halogens is 1. The van der Waals surface area contributed by atoms with Gasteiger partial charge in [0, 0.05) is 12.5 Å². The van der Waals surface area contributed by atoms with Crippen molar-refractivity contribution < 1.29 is 9.13 Å². The number of hydrogen-bond acceptors (Lipinski definition) is 2. The molecule has 0 aromatic heterocycles. The van der Waals surface area contributed by atoms with Crippen LogP contribution in [0.5, 0.6) is 5.75 Å². The van der Waals surface area contributed by atoms with Crippen LogP contribution in [0.1, 0.15) is 23.6 Å². The van der Waals surface area contributed by atoms with Gasteiger partial charge in [0.05, 0.1) is 13.3 Å². The van der Waals surface area contributed by atoms with Gasteiger partial charge in [0.25, 0.3) is 0 Å². The molecule has 0 unspecified atom stereocenters. The Labute approximate surface area is 82.9 Å². The van der Waals surface area contributed by atoms with Gasteiger partial charge in [-0.05, 0) is 23.6 Å². The van der Waals surface area contributed by atoms with Gasteiger partial charge in [-0.3, -0.25) is 4.39 Å². The van der Waals surface area contributed by atoms with Crippen LogP contribution in [0.25, 0.3) is 0 Å². The number of ether oxygens (including phenoxy) is 1. The van der Waals surface area contributed by atoms with Crippen molar-refractivity contribution in [3.63, 3.8) is 0 Å². The largest absolute Gasteiger partial charge is 0.493 e. The zero-order valence-corrected chi connectivity index (χ0v) is 8.00. The second-order valence-electron chi connectivity index (χ2n) is 3.55. The molecule has 1 atom stereocenters. The summed E-state index contributed by atoms with van der Waals surface area (Å²) >= 11 is 0. The van der Waals surface area contributed by atoms with Gasteiger partial charge in [-0.15, -0.1) is 0 Å². The number of alkyl halides is 1. The first-order valence-electron chi connectivity index (χ1n) is 4.88. The molecule has 0 fully saturated rings. The van der Waals surface area contributed by atoms with Gasteiger partial charge in [-0.2, -0.15) is 0 Å². The molecule has 1 aromatic rings. The van der Waals surface area contributed by atoms with Crippen LogP contribution in [0, 0.1) is 0 Å². The van der Waals surface area contributed by atoms with E-state index in [0.717, 1.165) is 24.3 Å². The topological polar surface area (TPSA) is 35.2 Å². The van der Waals surface area contributed by atoms with Crippen molar-refractivity contribution >= 4 is 0 Å². The second kappa shape index (κ2) is 3.96. The molecule has 0 amide bonds. The van der Waals surface area contributed by atoms with E-state index in [-0.39, 0.29) is 12.7 Å². The van der Waals surface area contributed by atoms with Crippen LogP contribution in [0.2, 0.25) is 0 Å². The van der Waals surface area contributed by atoms with Crippen molar-refractivity contribution in [1.82, 2.24) is 0 Å². The smallest absolute Gasteiger partial charge is 0.122 e. The van der Waals surface area contributed by atoms with Crippen LogP contribution >= 0.6 is 0 Å². The van der Waals surface area contributed by atoms with Crippen molar-refractivity contribution in [2.75, 3.05) is 13.3 Å². The number of hydrogen-bond donors (Lipinski definition) is 1. The van der Waals surface area contributed by atoms with Crippen molar-refractivity contribution in [1.29, 1.82) is 0 Å². The SMILES string of the molecule is N[C@H](CCF)c1ccc2c(c1)CCO2. The Balaban J connectivity index is 2.19. The van der Waals surface area contributed by atoms with Crippen LogP contribution in [0.15, 0.2) is 18.2 Å². The Bertz CT molecular complexity index is 327. The number of benzene rings is 1. The normalized spacial score (nSPS) is 16.1. The van der Waals surface area contributed by atoms with Crippen LogP contribution in [-0.4, -0.2) is 13.3 Å². The lowest BCUT2D eigenvalue weighted by atomic mass is 10.0. The monoisotopic (exact) mass is 195 g/mol. The van der Waals surface area contributed by atoms with Crippen LogP contribution in [0.4, 0.5) is 4.39 Å². The fourth-order valence-electron chi connectivity index (χ4n) is 1.72. The Morgan fingerprint density at radius 1 is 1.50 bits per heavy atom. The molecular weight excluding hydrogens is 181 g/mol. The zero-order chi connectivity index (χ0) is 9.97. The van der Waals surface area contributed by atoms with E-state index in [1.54, 1.807) is 0 Å². The highest BCUT2D eigenvalue weighted by atomic mass is 19.1. The average molecular weight is 195 g/mol. The van der Waals surface area contributed by atoms with E-state index in [4.69, 9.17) is 10.5 Å². The summed E-state index contributed by atoms with van der Waals surface area (Å²) in [6, 6.07) is 5.69. The molecule has 2 nitrogen and oxygen atoms in total. The molecular formula is C11H14FNO. The van der Waals surface area contributed by atoms with Crippen molar-refractivity contribution in [3.05, 3.63) is 29.3 Å². The third kappa shape index (κ3) is 1.73. The number of fused-ring (bicyclic) bond motifs is 1. The van der Waals surface area contributed by atoms with E-state index in [0.29, 0.717) is 6.42 Å². The van der Waals surface area contributed by atoms with Gasteiger partial charge in [-0.1, -0.05) is 12.1 Å². The lowest BCUT2D eigenvalue weighted by molar-refractivity contribution is 0.356. The van der Waals surface area contributed by atoms with Crippen LogP contribution < -0.4 is 10.5 Å². The zero-order valence-electron chi connectivity index (χ0n) is 8.00. The Kier molecular flexibility index (Phi) is 2.68. The third-order valence-electron chi connectivity index (χ3n) is 2.56. The first kappa shape index (κ1) is 9.46. The van der Waals surface area contributed by atoms with Crippen LogP contribution in [-0.2, 0) is 6.42 Å². The highest BCUT2D eigenvalue weighted by Gasteiger charge is 2.14. The Hall–Kier alpha value is -1.09. The van der Waals surface area contributed by atoms with Crippen LogP contribution in [0.3, 0.4) is 0 Å². The lowest BCUT2D eigenvalue weighted by Gasteiger charge is -2.10. The molecule has 76 valence electrons. The summed E-state index contributed by atoms with van der Waals surface area (Å²) in [6.07, 6.45) is 1.32. The molecule has 0 bridgehead atoms. The van der Waals surface area contributed by atoms with Crippen molar-refractivity contribution in [2.45, 2.75) is 18.9 Å². The minimum absolute atomic E-state index is 0.189. The first-order valence-corrected chi connectivity index (χ1v) is 4.88. The molecule has 1 aliphatic rings. The maximum absolute atomic E-state index is 12.1. The molecule has 0 saturated heterocycles. The second-order valence-corrected chi connectivity index (χ2v) is 3.55. The molecule has 14 heavy (non-hydrogen) atoms. The summed E-state index contributed by atoms with van der Waals surface area (Å²) in [6.45, 7) is 0.381. The summed E-state index contributed by atoms with van der Waals surface area (Å²) in [5.74, 6) is 0.946. The third-order valence-corrected chi connectivity index (χ3v) is 2.56. The highest BCUT2D eigenvalue weighted by molar-refractivity contribution is 5.40. The average Bonchev–Trinajstić information content (AvgIpc) is 2.64. The Morgan fingerprint density at radius 2 is 2.36 bits per heavy atom. The summed E-state index contributed by atoms with van der Waals surface area (Å²) in [5, 5.41) is 0. The first-order chi connectivity index (χ1) is 6.81. The Morgan fingerprint density at radius 3 is 3.14 bits per heavy atom. The van der Waals surface area contributed by atoms with E-state index >= 15 is 0 Å². The highest BCUT2D eigenvalue weighted by Crippen LogP contribution is 2.28. The van der Waals surface area contributed by atoms with E-state index in [1.807, 2.05) is 18.2 Å². The number of nitrogens with two attached hydrogens (primary N) is 1. The van der Waals surface area contributed by atoms with Gasteiger partial charge >= 0.3 is 0 Å².